The van der Waals surface area contributed by atoms with Crippen LogP contribution in [0.4, 0.5) is 0 Å². The first kappa shape index (κ1) is 20.9. The zero-order valence-electron chi connectivity index (χ0n) is 16.1. The first-order valence-corrected chi connectivity index (χ1v) is 9.14. The molecule has 0 atom stereocenters. The van der Waals surface area contributed by atoms with Gasteiger partial charge < -0.3 is 14.9 Å². The lowest BCUT2D eigenvalue weighted by Crippen LogP contribution is -2.31. The van der Waals surface area contributed by atoms with Crippen LogP contribution >= 0.6 is 0 Å². The summed E-state index contributed by atoms with van der Waals surface area (Å²) in [6.45, 7) is 7.73. The van der Waals surface area contributed by atoms with Gasteiger partial charge in [-0.25, -0.2) is 4.79 Å². The van der Waals surface area contributed by atoms with E-state index in [4.69, 9.17) is 14.9 Å². The summed E-state index contributed by atoms with van der Waals surface area (Å²) in [5.41, 5.74) is 4.00. The number of hydrogen-bond acceptors (Lipinski definition) is 4. The Bertz CT molecular complexity index is 710. The number of rotatable bonds is 9. The Morgan fingerprint density at radius 2 is 1.33 bits per heavy atom. The highest BCUT2D eigenvalue weighted by Gasteiger charge is 2.31. The predicted molar refractivity (Wildman–Crippen MR) is 107 cm³/mol. The summed E-state index contributed by atoms with van der Waals surface area (Å²) in [5, 5.41) is 18.2. The summed E-state index contributed by atoms with van der Waals surface area (Å²) in [6.07, 6.45) is 1.22. The van der Waals surface area contributed by atoms with Crippen molar-refractivity contribution in [1.29, 1.82) is 0 Å². The van der Waals surface area contributed by atoms with Gasteiger partial charge in [0.2, 0.25) is 0 Å². The predicted octanol–water partition coefficient (Wildman–Crippen LogP) is 3.18. The van der Waals surface area contributed by atoms with Gasteiger partial charge in [-0.3, -0.25) is 0 Å². The molecule has 0 amide bonds. The molecule has 0 saturated heterocycles. The summed E-state index contributed by atoms with van der Waals surface area (Å²) in [4.78, 5) is 12.0. The van der Waals surface area contributed by atoms with Gasteiger partial charge in [-0.2, -0.15) is 0 Å². The summed E-state index contributed by atoms with van der Waals surface area (Å²) in [5.74, 6) is -0.407. The van der Waals surface area contributed by atoms with Crippen LogP contribution in [0.25, 0.3) is 0 Å². The second-order valence-electron chi connectivity index (χ2n) is 7.03. The van der Waals surface area contributed by atoms with Crippen LogP contribution in [0.15, 0.2) is 60.7 Å². The number of esters is 1. The standard InChI is InChI=1S/C23H28O4/c1-17(2)22(26)27-16-23(3,20-8-4-18(5-9-20)12-14-24)21-10-6-19(7-11-21)13-15-25/h4-11,24-25H,1,12-16H2,2-3H3. The number of benzene rings is 2. The second kappa shape index (κ2) is 9.49. The Morgan fingerprint density at radius 1 is 0.926 bits per heavy atom. The summed E-state index contributed by atoms with van der Waals surface area (Å²) in [7, 11) is 0. The van der Waals surface area contributed by atoms with E-state index in [-0.39, 0.29) is 19.8 Å². The zero-order chi connectivity index (χ0) is 19.9. The van der Waals surface area contributed by atoms with Crippen molar-refractivity contribution in [3.63, 3.8) is 0 Å². The Hall–Kier alpha value is -2.43. The fraction of sp³-hybridized carbons (Fsp3) is 0.348. The third-order valence-electron chi connectivity index (χ3n) is 4.82. The van der Waals surface area contributed by atoms with E-state index in [2.05, 4.69) is 6.58 Å². The summed E-state index contributed by atoms with van der Waals surface area (Å²) in [6, 6.07) is 16.0. The van der Waals surface area contributed by atoms with Crippen molar-refractivity contribution in [3.05, 3.63) is 82.9 Å². The van der Waals surface area contributed by atoms with E-state index in [1.807, 2.05) is 55.5 Å². The number of carbonyl (C=O) groups is 1. The topological polar surface area (TPSA) is 66.8 Å². The second-order valence-corrected chi connectivity index (χ2v) is 7.03. The van der Waals surface area contributed by atoms with Crippen molar-refractivity contribution in [2.45, 2.75) is 32.1 Å². The Labute approximate surface area is 161 Å². The van der Waals surface area contributed by atoms with Crippen LogP contribution in [-0.4, -0.2) is 36.0 Å². The van der Waals surface area contributed by atoms with Gasteiger partial charge >= 0.3 is 5.97 Å². The third-order valence-corrected chi connectivity index (χ3v) is 4.82. The van der Waals surface area contributed by atoms with Crippen molar-refractivity contribution in [3.8, 4) is 0 Å². The Balaban J connectivity index is 2.37. The Morgan fingerprint density at radius 3 is 1.67 bits per heavy atom. The first-order chi connectivity index (χ1) is 12.9. The molecule has 0 fully saturated rings. The molecular weight excluding hydrogens is 340 g/mol. The number of carbonyl (C=O) groups excluding carboxylic acids is 1. The van der Waals surface area contributed by atoms with Crippen LogP contribution in [0.3, 0.4) is 0 Å². The average molecular weight is 368 g/mol. The van der Waals surface area contributed by atoms with Crippen LogP contribution in [0, 0.1) is 0 Å². The molecule has 144 valence electrons. The SMILES string of the molecule is C=C(C)C(=O)OCC(C)(c1ccc(CCO)cc1)c1ccc(CCO)cc1. The number of ether oxygens (including phenoxy) is 1. The number of aliphatic hydroxyl groups excluding tert-OH is 2. The van der Waals surface area contributed by atoms with Gasteiger partial charge in [-0.05, 0) is 48.9 Å². The molecule has 4 heteroatoms. The van der Waals surface area contributed by atoms with Crippen LogP contribution < -0.4 is 0 Å². The lowest BCUT2D eigenvalue weighted by molar-refractivity contribution is -0.140. The lowest BCUT2D eigenvalue weighted by Gasteiger charge is -2.31. The molecule has 0 aliphatic carbocycles. The molecule has 2 aromatic rings. The van der Waals surface area contributed by atoms with Gasteiger partial charge in [0.1, 0.15) is 6.61 Å². The fourth-order valence-corrected chi connectivity index (χ4v) is 3.00. The minimum absolute atomic E-state index is 0.110. The molecule has 0 radical (unpaired) electrons. The van der Waals surface area contributed by atoms with E-state index in [0.29, 0.717) is 18.4 Å². The van der Waals surface area contributed by atoms with E-state index in [1.54, 1.807) is 6.92 Å². The van der Waals surface area contributed by atoms with Crippen molar-refractivity contribution >= 4 is 5.97 Å². The van der Waals surface area contributed by atoms with Gasteiger partial charge in [0, 0.05) is 18.8 Å². The average Bonchev–Trinajstić information content (AvgIpc) is 2.67. The van der Waals surface area contributed by atoms with E-state index in [9.17, 15) is 4.79 Å². The van der Waals surface area contributed by atoms with Gasteiger partial charge in [0.25, 0.3) is 0 Å². The minimum Gasteiger partial charge on any atom is -0.461 e. The summed E-state index contributed by atoms with van der Waals surface area (Å²) >= 11 is 0. The van der Waals surface area contributed by atoms with Gasteiger partial charge in [-0.1, -0.05) is 55.1 Å². The highest BCUT2D eigenvalue weighted by atomic mass is 16.5. The van der Waals surface area contributed by atoms with Crippen molar-refractivity contribution in [2.75, 3.05) is 19.8 Å². The highest BCUT2D eigenvalue weighted by molar-refractivity contribution is 5.87. The fourth-order valence-electron chi connectivity index (χ4n) is 3.00. The molecule has 0 bridgehead atoms. The summed E-state index contributed by atoms with van der Waals surface area (Å²) < 4.78 is 5.51. The molecule has 0 aromatic heterocycles. The van der Waals surface area contributed by atoms with Gasteiger partial charge in [-0.15, -0.1) is 0 Å². The molecule has 0 spiro atoms. The Kier molecular flexibility index (Phi) is 7.34. The molecule has 0 aliphatic rings. The maximum atomic E-state index is 12.0. The zero-order valence-corrected chi connectivity index (χ0v) is 16.1. The van der Waals surface area contributed by atoms with Crippen molar-refractivity contribution < 1.29 is 19.7 Å². The smallest absolute Gasteiger partial charge is 0.333 e. The number of aliphatic hydroxyl groups is 2. The molecular formula is C23H28O4. The van der Waals surface area contributed by atoms with Crippen LogP contribution in [-0.2, 0) is 27.8 Å². The quantitative estimate of drug-likeness (QED) is 0.527. The largest absolute Gasteiger partial charge is 0.461 e. The molecule has 0 aliphatic heterocycles. The molecule has 0 heterocycles. The maximum Gasteiger partial charge on any atom is 0.333 e. The normalized spacial score (nSPS) is 11.3. The monoisotopic (exact) mass is 368 g/mol. The van der Waals surface area contributed by atoms with Crippen LogP contribution in [0.5, 0.6) is 0 Å². The van der Waals surface area contributed by atoms with E-state index >= 15 is 0 Å². The molecule has 0 unspecified atom stereocenters. The van der Waals surface area contributed by atoms with E-state index < -0.39 is 11.4 Å². The minimum atomic E-state index is -0.527. The molecule has 27 heavy (non-hydrogen) atoms. The van der Waals surface area contributed by atoms with Crippen LogP contribution in [0.2, 0.25) is 0 Å². The van der Waals surface area contributed by atoms with E-state index in [0.717, 1.165) is 22.3 Å². The molecule has 2 rings (SSSR count). The van der Waals surface area contributed by atoms with Gasteiger partial charge in [0.05, 0.1) is 5.41 Å². The maximum absolute atomic E-state index is 12.0. The molecule has 0 saturated carbocycles. The highest BCUT2D eigenvalue weighted by Crippen LogP contribution is 2.33. The van der Waals surface area contributed by atoms with Crippen molar-refractivity contribution in [2.24, 2.45) is 0 Å². The van der Waals surface area contributed by atoms with Crippen LogP contribution in [0.1, 0.15) is 36.1 Å². The molecule has 2 N–H and O–H groups in total. The molecule has 2 aromatic carbocycles. The number of hydrogen-bond donors (Lipinski definition) is 2. The van der Waals surface area contributed by atoms with E-state index in [1.165, 1.54) is 0 Å². The first-order valence-electron chi connectivity index (χ1n) is 9.14. The van der Waals surface area contributed by atoms with Crippen molar-refractivity contribution in [1.82, 2.24) is 0 Å². The lowest BCUT2D eigenvalue weighted by atomic mass is 9.76. The molecule has 4 nitrogen and oxygen atoms in total. The third kappa shape index (κ3) is 5.28. The van der Waals surface area contributed by atoms with Gasteiger partial charge in [0.15, 0.2) is 0 Å².